The highest BCUT2D eigenvalue weighted by atomic mass is 16.6. The molecule has 0 aromatic heterocycles. The van der Waals surface area contributed by atoms with E-state index in [0.717, 1.165) is 24.3 Å². The molecular weight excluding hydrogens is 534 g/mol. The highest BCUT2D eigenvalue weighted by Crippen LogP contribution is 2.46. The second-order valence-corrected chi connectivity index (χ2v) is 8.46. The van der Waals surface area contributed by atoms with E-state index in [1.54, 1.807) is 12.1 Å². The third-order valence-electron chi connectivity index (χ3n) is 5.92. The highest BCUT2D eigenvalue weighted by Gasteiger charge is 2.37. The van der Waals surface area contributed by atoms with Gasteiger partial charge in [-0.25, -0.2) is 9.59 Å². The van der Waals surface area contributed by atoms with Crippen molar-refractivity contribution in [2.24, 2.45) is 0 Å². The normalized spacial score (nSPS) is 10.5. The van der Waals surface area contributed by atoms with Crippen LogP contribution in [0.1, 0.15) is 59.5 Å². The molecule has 0 spiro atoms. The number of hydrogen-bond acceptors (Lipinski definition) is 10. The molecule has 0 bridgehead atoms. The molecule has 0 atom stereocenters. The van der Waals surface area contributed by atoms with Crippen LogP contribution in [-0.4, -0.2) is 45.2 Å². The molecule has 0 fully saturated rings. The van der Waals surface area contributed by atoms with Gasteiger partial charge in [0.2, 0.25) is 5.75 Å². The third-order valence-corrected chi connectivity index (χ3v) is 5.92. The molecule has 0 amide bonds. The number of nitro groups is 1. The first-order chi connectivity index (χ1) is 19.6. The number of ether oxygens (including phenoxy) is 2. The molecule has 0 saturated carbocycles. The molecule has 2 N–H and O–H groups in total. The number of nitro benzene ring substituents is 1. The van der Waals surface area contributed by atoms with Gasteiger partial charge in [-0.3, -0.25) is 19.7 Å². The number of rotatable bonds is 9. The lowest BCUT2D eigenvalue weighted by molar-refractivity contribution is -0.384. The summed E-state index contributed by atoms with van der Waals surface area (Å²) >= 11 is 0. The topological polar surface area (TPSA) is 170 Å². The van der Waals surface area contributed by atoms with Crippen LogP contribution in [0.5, 0.6) is 17.2 Å². The van der Waals surface area contributed by atoms with E-state index < -0.39 is 62.4 Å². The lowest BCUT2D eigenvalue weighted by Crippen LogP contribution is -2.21. The zero-order chi connectivity index (χ0) is 29.7. The first kappa shape index (κ1) is 28.2. The van der Waals surface area contributed by atoms with E-state index in [0.29, 0.717) is 0 Å². The van der Waals surface area contributed by atoms with Gasteiger partial charge < -0.3 is 19.7 Å². The van der Waals surface area contributed by atoms with Crippen LogP contribution in [0.4, 0.5) is 5.69 Å². The molecule has 0 unspecified atom stereocenters. The summed E-state index contributed by atoms with van der Waals surface area (Å²) < 4.78 is 10.5. The van der Waals surface area contributed by atoms with Crippen LogP contribution in [-0.2, 0) is 4.74 Å². The molecule has 0 aliphatic rings. The quantitative estimate of drug-likeness (QED) is 0.0725. The van der Waals surface area contributed by atoms with Crippen molar-refractivity contribution in [3.8, 4) is 17.2 Å². The number of phenols is 2. The Bertz CT molecular complexity index is 1660. The van der Waals surface area contributed by atoms with Gasteiger partial charge in [-0.1, -0.05) is 48.5 Å². The standard InChI is InChI=1S/C30H21NO10/c1-2-40-30(37)21-22(24(32)17-9-5-3-6-10-17)26(34)27(35)28(41-29(36)19-11-7-4-8-12-19)23(21)25(33)18-13-15-20(16-14-18)31(38)39/h3-16,34-35H,2H2,1H3. The van der Waals surface area contributed by atoms with Gasteiger partial charge in [-0.15, -0.1) is 0 Å². The fraction of sp³-hybridized carbons (Fsp3) is 0.0667. The number of esters is 2. The summed E-state index contributed by atoms with van der Waals surface area (Å²) in [5, 5.41) is 33.2. The van der Waals surface area contributed by atoms with Crippen molar-refractivity contribution < 1.29 is 43.8 Å². The van der Waals surface area contributed by atoms with Crippen molar-refractivity contribution in [1.29, 1.82) is 0 Å². The van der Waals surface area contributed by atoms with E-state index in [4.69, 9.17) is 9.47 Å². The second kappa shape index (κ2) is 11.9. The van der Waals surface area contributed by atoms with Crippen molar-refractivity contribution in [2.45, 2.75) is 6.92 Å². The van der Waals surface area contributed by atoms with E-state index in [9.17, 15) is 39.5 Å². The van der Waals surface area contributed by atoms with Gasteiger partial charge in [0.1, 0.15) is 0 Å². The Labute approximate surface area is 232 Å². The summed E-state index contributed by atoms with van der Waals surface area (Å²) in [5.41, 5.74) is -2.86. The van der Waals surface area contributed by atoms with E-state index in [2.05, 4.69) is 0 Å². The number of carbonyl (C=O) groups excluding carboxylic acids is 4. The third kappa shape index (κ3) is 5.64. The van der Waals surface area contributed by atoms with Crippen LogP contribution >= 0.6 is 0 Å². The van der Waals surface area contributed by atoms with Crippen molar-refractivity contribution >= 4 is 29.2 Å². The molecule has 41 heavy (non-hydrogen) atoms. The summed E-state index contributed by atoms with van der Waals surface area (Å²) in [6.45, 7) is 1.26. The first-order valence-electron chi connectivity index (χ1n) is 12.1. The Morgan fingerprint density at radius 1 is 0.683 bits per heavy atom. The Balaban J connectivity index is 2.04. The molecule has 0 aliphatic heterocycles. The highest BCUT2D eigenvalue weighted by molar-refractivity contribution is 6.24. The molecule has 0 radical (unpaired) electrons. The molecule has 11 heteroatoms. The average Bonchev–Trinajstić information content (AvgIpc) is 2.99. The lowest BCUT2D eigenvalue weighted by Gasteiger charge is -2.19. The van der Waals surface area contributed by atoms with Gasteiger partial charge in [0.05, 0.1) is 33.8 Å². The van der Waals surface area contributed by atoms with E-state index in [-0.39, 0.29) is 29.0 Å². The molecule has 0 aliphatic carbocycles. The first-order valence-corrected chi connectivity index (χ1v) is 12.1. The van der Waals surface area contributed by atoms with Gasteiger partial charge in [0.15, 0.2) is 23.1 Å². The maximum absolute atomic E-state index is 13.9. The Kier molecular flexibility index (Phi) is 8.18. The minimum absolute atomic E-state index is 0.00208. The number of nitrogens with zero attached hydrogens (tertiary/aromatic N) is 1. The zero-order valence-corrected chi connectivity index (χ0v) is 21.4. The maximum atomic E-state index is 13.9. The summed E-state index contributed by atoms with van der Waals surface area (Å²) in [4.78, 5) is 64.2. The van der Waals surface area contributed by atoms with E-state index in [1.165, 1.54) is 55.5 Å². The molecule has 4 rings (SSSR count). The number of non-ortho nitro benzene ring substituents is 1. The molecule has 4 aromatic carbocycles. The Hall–Kier alpha value is -5.84. The van der Waals surface area contributed by atoms with Gasteiger partial charge in [0.25, 0.3) is 5.69 Å². The molecule has 0 heterocycles. The van der Waals surface area contributed by atoms with Crippen LogP contribution in [0.2, 0.25) is 0 Å². The average molecular weight is 555 g/mol. The second-order valence-electron chi connectivity index (χ2n) is 8.46. The van der Waals surface area contributed by atoms with Crippen LogP contribution in [0.25, 0.3) is 0 Å². The number of hydrogen-bond donors (Lipinski definition) is 2. The summed E-state index contributed by atoms with van der Waals surface area (Å²) in [5.74, 6) is -7.49. The van der Waals surface area contributed by atoms with E-state index in [1.807, 2.05) is 0 Å². The molecular formula is C30H21NO10. The van der Waals surface area contributed by atoms with Crippen LogP contribution in [0.15, 0.2) is 84.9 Å². The SMILES string of the molecule is CCOC(=O)c1c(C(=O)c2ccccc2)c(O)c(O)c(OC(=O)c2ccccc2)c1C(=O)c1ccc([N+](=O)[O-])cc1. The van der Waals surface area contributed by atoms with Gasteiger partial charge >= 0.3 is 11.9 Å². The van der Waals surface area contributed by atoms with Crippen molar-refractivity contribution in [2.75, 3.05) is 6.61 Å². The van der Waals surface area contributed by atoms with Crippen LogP contribution in [0, 0.1) is 10.1 Å². The van der Waals surface area contributed by atoms with Gasteiger partial charge in [-0.2, -0.15) is 0 Å². The predicted molar refractivity (Wildman–Crippen MR) is 144 cm³/mol. The number of aromatic hydroxyl groups is 2. The molecule has 11 nitrogen and oxygen atoms in total. The Morgan fingerprint density at radius 3 is 1.73 bits per heavy atom. The minimum atomic E-state index is -1.23. The minimum Gasteiger partial charge on any atom is -0.504 e. The Morgan fingerprint density at radius 2 is 1.20 bits per heavy atom. The molecule has 4 aromatic rings. The van der Waals surface area contributed by atoms with Crippen LogP contribution < -0.4 is 4.74 Å². The summed E-state index contributed by atoms with van der Waals surface area (Å²) in [6.07, 6.45) is 0. The predicted octanol–water partition coefficient (Wildman–Crippen LogP) is 4.86. The van der Waals surface area contributed by atoms with Gasteiger partial charge in [0, 0.05) is 23.3 Å². The number of phenolic OH excluding ortho intramolecular Hbond substituents is 2. The molecule has 0 saturated heterocycles. The molecule has 206 valence electrons. The fourth-order valence-electron chi connectivity index (χ4n) is 3.98. The lowest BCUT2D eigenvalue weighted by atomic mass is 9.88. The fourth-order valence-corrected chi connectivity index (χ4v) is 3.98. The number of benzene rings is 4. The van der Waals surface area contributed by atoms with E-state index >= 15 is 0 Å². The van der Waals surface area contributed by atoms with Gasteiger partial charge in [-0.05, 0) is 31.2 Å². The van der Waals surface area contributed by atoms with Crippen LogP contribution in [0.3, 0.4) is 0 Å². The summed E-state index contributed by atoms with van der Waals surface area (Å²) in [7, 11) is 0. The summed E-state index contributed by atoms with van der Waals surface area (Å²) in [6, 6.07) is 19.1. The monoisotopic (exact) mass is 555 g/mol. The largest absolute Gasteiger partial charge is 0.504 e. The number of carbonyl (C=O) groups is 4. The maximum Gasteiger partial charge on any atom is 0.343 e. The van der Waals surface area contributed by atoms with Crippen molar-refractivity contribution in [1.82, 2.24) is 0 Å². The smallest absolute Gasteiger partial charge is 0.343 e. The van der Waals surface area contributed by atoms with Crippen molar-refractivity contribution in [3.63, 3.8) is 0 Å². The zero-order valence-electron chi connectivity index (χ0n) is 21.4. The number of ketones is 2. The van der Waals surface area contributed by atoms with Crippen molar-refractivity contribution in [3.05, 3.63) is 128 Å².